The van der Waals surface area contributed by atoms with Crippen molar-refractivity contribution in [3.63, 3.8) is 0 Å². The molecular formula is C14H18F3N. The van der Waals surface area contributed by atoms with Gasteiger partial charge in [0, 0.05) is 13.1 Å². The summed E-state index contributed by atoms with van der Waals surface area (Å²) in [6.45, 7) is 3.82. The Morgan fingerprint density at radius 3 is 2.22 bits per heavy atom. The number of hydrogen-bond acceptors (Lipinski definition) is 1. The number of benzene rings is 1. The van der Waals surface area contributed by atoms with Crippen molar-refractivity contribution < 1.29 is 13.2 Å². The number of nitrogens with one attached hydrogen (secondary N) is 1. The largest absolute Gasteiger partial charge is 0.416 e. The molecule has 1 aromatic rings. The summed E-state index contributed by atoms with van der Waals surface area (Å²) in [5.41, 5.74) is 0.703. The highest BCUT2D eigenvalue weighted by atomic mass is 19.4. The van der Waals surface area contributed by atoms with E-state index in [1.807, 2.05) is 0 Å². The van der Waals surface area contributed by atoms with Gasteiger partial charge in [0.1, 0.15) is 0 Å². The van der Waals surface area contributed by atoms with Crippen molar-refractivity contribution >= 4 is 0 Å². The van der Waals surface area contributed by atoms with Gasteiger partial charge in [-0.2, -0.15) is 13.2 Å². The second kappa shape index (κ2) is 4.92. The van der Waals surface area contributed by atoms with Crippen molar-refractivity contribution in [2.75, 3.05) is 6.54 Å². The van der Waals surface area contributed by atoms with Crippen LogP contribution in [0, 0.1) is 5.41 Å². The van der Waals surface area contributed by atoms with Gasteiger partial charge in [-0.3, -0.25) is 0 Å². The van der Waals surface area contributed by atoms with E-state index in [1.165, 1.54) is 19.3 Å². The second-order valence-electron chi connectivity index (χ2n) is 5.46. The molecule has 1 fully saturated rings. The van der Waals surface area contributed by atoms with E-state index in [9.17, 15) is 13.2 Å². The fourth-order valence-corrected chi connectivity index (χ4v) is 2.28. The van der Waals surface area contributed by atoms with Gasteiger partial charge in [0.15, 0.2) is 0 Å². The van der Waals surface area contributed by atoms with Crippen molar-refractivity contribution in [3.05, 3.63) is 35.4 Å². The first-order valence-electron chi connectivity index (χ1n) is 6.26. The van der Waals surface area contributed by atoms with Crippen LogP contribution in [0.15, 0.2) is 24.3 Å². The van der Waals surface area contributed by atoms with Crippen LogP contribution in [0.25, 0.3) is 0 Å². The summed E-state index contributed by atoms with van der Waals surface area (Å²) in [6, 6.07) is 5.36. The van der Waals surface area contributed by atoms with E-state index in [0.717, 1.165) is 24.2 Å². The smallest absolute Gasteiger partial charge is 0.312 e. The predicted octanol–water partition coefficient (Wildman–Crippen LogP) is 3.99. The van der Waals surface area contributed by atoms with Gasteiger partial charge in [0.05, 0.1) is 5.56 Å². The third-order valence-electron chi connectivity index (χ3n) is 3.72. The maximum absolute atomic E-state index is 12.4. The fourth-order valence-electron chi connectivity index (χ4n) is 2.28. The van der Waals surface area contributed by atoms with Crippen LogP contribution >= 0.6 is 0 Å². The molecule has 1 aliphatic carbocycles. The zero-order valence-electron chi connectivity index (χ0n) is 10.5. The van der Waals surface area contributed by atoms with Gasteiger partial charge in [0.25, 0.3) is 0 Å². The van der Waals surface area contributed by atoms with Gasteiger partial charge in [-0.05, 0) is 36.0 Å². The standard InChI is InChI=1S/C14H18F3N/c1-13(7-2-8-13)10-18-9-11-3-5-12(6-4-11)14(15,16)17/h3-6,18H,2,7-10H2,1H3. The fraction of sp³-hybridized carbons (Fsp3) is 0.571. The molecule has 0 unspecified atom stereocenters. The molecule has 0 bridgehead atoms. The first-order valence-corrected chi connectivity index (χ1v) is 6.26. The van der Waals surface area contributed by atoms with E-state index >= 15 is 0 Å². The Balaban J connectivity index is 1.83. The van der Waals surface area contributed by atoms with Gasteiger partial charge in [-0.25, -0.2) is 0 Å². The summed E-state index contributed by atoms with van der Waals surface area (Å²) in [5.74, 6) is 0. The lowest BCUT2D eigenvalue weighted by atomic mass is 9.70. The van der Waals surface area contributed by atoms with Crippen molar-refractivity contribution in [3.8, 4) is 0 Å². The van der Waals surface area contributed by atoms with Gasteiger partial charge >= 0.3 is 6.18 Å². The minimum absolute atomic E-state index is 0.395. The quantitative estimate of drug-likeness (QED) is 0.860. The Kier molecular flexibility index (Phi) is 3.66. The normalized spacial score (nSPS) is 18.4. The Labute approximate surface area is 105 Å². The van der Waals surface area contributed by atoms with Crippen LogP contribution in [0.5, 0.6) is 0 Å². The van der Waals surface area contributed by atoms with Crippen LogP contribution in [0.1, 0.15) is 37.3 Å². The Bertz CT molecular complexity index is 390. The molecule has 100 valence electrons. The third-order valence-corrected chi connectivity index (χ3v) is 3.72. The summed E-state index contributed by atoms with van der Waals surface area (Å²) in [6.07, 6.45) is -0.468. The lowest BCUT2D eigenvalue weighted by molar-refractivity contribution is -0.137. The molecule has 18 heavy (non-hydrogen) atoms. The van der Waals surface area contributed by atoms with Crippen LogP contribution in [-0.2, 0) is 12.7 Å². The topological polar surface area (TPSA) is 12.0 Å². The van der Waals surface area contributed by atoms with Crippen molar-refractivity contribution in [1.29, 1.82) is 0 Å². The van der Waals surface area contributed by atoms with Crippen LogP contribution in [0.2, 0.25) is 0 Å². The Morgan fingerprint density at radius 1 is 1.17 bits per heavy atom. The molecule has 1 N–H and O–H groups in total. The van der Waals surface area contributed by atoms with Crippen LogP contribution < -0.4 is 5.32 Å². The van der Waals surface area contributed by atoms with E-state index < -0.39 is 11.7 Å². The zero-order chi connectivity index (χ0) is 13.2. The van der Waals surface area contributed by atoms with Gasteiger partial charge in [0.2, 0.25) is 0 Å². The molecule has 2 rings (SSSR count). The maximum Gasteiger partial charge on any atom is 0.416 e. The number of rotatable bonds is 4. The molecule has 1 saturated carbocycles. The second-order valence-corrected chi connectivity index (χ2v) is 5.46. The minimum Gasteiger partial charge on any atom is -0.312 e. The predicted molar refractivity (Wildman–Crippen MR) is 65.1 cm³/mol. The Hall–Kier alpha value is -1.03. The molecule has 1 aliphatic rings. The van der Waals surface area contributed by atoms with E-state index in [1.54, 1.807) is 12.1 Å². The van der Waals surface area contributed by atoms with Crippen LogP contribution in [0.3, 0.4) is 0 Å². The molecule has 0 amide bonds. The molecule has 0 spiro atoms. The molecule has 4 heteroatoms. The van der Waals surface area contributed by atoms with Gasteiger partial charge in [-0.1, -0.05) is 25.5 Å². The van der Waals surface area contributed by atoms with E-state index in [0.29, 0.717) is 12.0 Å². The maximum atomic E-state index is 12.4. The van der Waals surface area contributed by atoms with Crippen LogP contribution in [-0.4, -0.2) is 6.54 Å². The molecule has 0 aromatic heterocycles. The highest BCUT2D eigenvalue weighted by Crippen LogP contribution is 2.39. The van der Waals surface area contributed by atoms with E-state index in [2.05, 4.69) is 12.2 Å². The Morgan fingerprint density at radius 2 is 1.78 bits per heavy atom. The number of alkyl halides is 3. The summed E-state index contributed by atoms with van der Waals surface area (Å²) in [5, 5.41) is 3.32. The monoisotopic (exact) mass is 257 g/mol. The minimum atomic E-state index is -4.24. The first kappa shape index (κ1) is 13.4. The lowest BCUT2D eigenvalue weighted by Gasteiger charge is -2.38. The first-order chi connectivity index (χ1) is 8.39. The molecule has 0 saturated heterocycles. The highest BCUT2D eigenvalue weighted by molar-refractivity contribution is 5.24. The van der Waals surface area contributed by atoms with E-state index in [4.69, 9.17) is 0 Å². The number of hydrogen-bond donors (Lipinski definition) is 1. The molecule has 0 atom stereocenters. The van der Waals surface area contributed by atoms with Crippen molar-refractivity contribution in [2.45, 2.75) is 38.9 Å². The molecule has 0 radical (unpaired) electrons. The van der Waals surface area contributed by atoms with Crippen LogP contribution in [0.4, 0.5) is 13.2 Å². The highest BCUT2D eigenvalue weighted by Gasteiger charge is 2.31. The molecular weight excluding hydrogens is 239 g/mol. The average Bonchev–Trinajstić information content (AvgIpc) is 2.26. The van der Waals surface area contributed by atoms with Gasteiger partial charge < -0.3 is 5.32 Å². The third kappa shape index (κ3) is 3.25. The lowest BCUT2D eigenvalue weighted by Crippen LogP contribution is -2.36. The average molecular weight is 257 g/mol. The zero-order valence-corrected chi connectivity index (χ0v) is 10.5. The van der Waals surface area contributed by atoms with Crippen molar-refractivity contribution in [2.24, 2.45) is 5.41 Å². The molecule has 0 aliphatic heterocycles. The summed E-state index contributed by atoms with van der Waals surface area (Å²) < 4.78 is 37.1. The van der Waals surface area contributed by atoms with Gasteiger partial charge in [-0.15, -0.1) is 0 Å². The summed E-state index contributed by atoms with van der Waals surface area (Å²) >= 11 is 0. The molecule has 1 aromatic carbocycles. The SMILES string of the molecule is CC1(CNCc2ccc(C(F)(F)F)cc2)CCC1. The number of halogens is 3. The summed E-state index contributed by atoms with van der Waals surface area (Å²) in [7, 11) is 0. The molecule has 1 nitrogen and oxygen atoms in total. The molecule has 0 heterocycles. The van der Waals surface area contributed by atoms with Crippen molar-refractivity contribution in [1.82, 2.24) is 5.32 Å². The van der Waals surface area contributed by atoms with E-state index in [-0.39, 0.29) is 0 Å². The summed E-state index contributed by atoms with van der Waals surface area (Å²) in [4.78, 5) is 0.